The monoisotopic (exact) mass is 314 g/mol. The van der Waals surface area contributed by atoms with Crippen molar-refractivity contribution in [3.63, 3.8) is 0 Å². The van der Waals surface area contributed by atoms with Gasteiger partial charge in [0.15, 0.2) is 8.32 Å². The van der Waals surface area contributed by atoms with Gasteiger partial charge in [0.2, 0.25) is 0 Å². The Labute approximate surface area is 132 Å². The first kappa shape index (κ1) is 20.4. The molecule has 21 heavy (non-hydrogen) atoms. The molecule has 0 saturated carbocycles. The number of unbranched alkanes of at least 4 members (excludes halogenated alkanes) is 2. The van der Waals surface area contributed by atoms with Crippen molar-refractivity contribution in [3.05, 3.63) is 12.7 Å². The summed E-state index contributed by atoms with van der Waals surface area (Å²) < 4.78 is 11.6. The van der Waals surface area contributed by atoms with E-state index in [9.17, 15) is 4.79 Å². The lowest BCUT2D eigenvalue weighted by molar-refractivity contribution is -0.143. The maximum Gasteiger partial charge on any atom is 0.330 e. The largest absolute Gasteiger partial charge is 0.459 e. The van der Waals surface area contributed by atoms with E-state index in [2.05, 4.69) is 34.3 Å². The number of carbonyl (C=O) groups is 1. The molecule has 0 rings (SSSR count). The van der Waals surface area contributed by atoms with Gasteiger partial charge in [-0.1, -0.05) is 40.2 Å². The van der Waals surface area contributed by atoms with E-state index < -0.39 is 8.32 Å². The predicted molar refractivity (Wildman–Crippen MR) is 92.0 cm³/mol. The predicted octanol–water partition coefficient (Wildman–Crippen LogP) is 5.08. The van der Waals surface area contributed by atoms with Crippen LogP contribution < -0.4 is 0 Å². The first-order chi connectivity index (χ1) is 10.1. The molecule has 0 aliphatic rings. The minimum absolute atomic E-state index is 0.0208. The van der Waals surface area contributed by atoms with Gasteiger partial charge < -0.3 is 9.16 Å². The van der Waals surface area contributed by atoms with Crippen LogP contribution in [0.3, 0.4) is 0 Å². The number of ether oxygens (including phenoxy) is 1. The molecule has 0 aromatic rings. The molecule has 0 fully saturated rings. The Kier molecular flexibility index (Phi) is 11.6. The molecule has 1 unspecified atom stereocenters. The summed E-state index contributed by atoms with van der Waals surface area (Å²) in [7, 11) is -1.63. The Hall–Kier alpha value is -0.613. The number of hydrogen-bond acceptors (Lipinski definition) is 3. The number of carbonyl (C=O) groups excluding carboxylic acids is 1. The highest BCUT2D eigenvalue weighted by molar-refractivity contribution is 6.73. The van der Waals surface area contributed by atoms with E-state index in [1.165, 1.54) is 18.9 Å². The molecular weight excluding hydrogens is 280 g/mol. The van der Waals surface area contributed by atoms with Gasteiger partial charge in [0.25, 0.3) is 0 Å². The third-order valence-electron chi connectivity index (χ3n) is 4.24. The summed E-state index contributed by atoms with van der Waals surface area (Å²) in [6, 6.07) is 3.35. The maximum absolute atomic E-state index is 11.5. The van der Waals surface area contributed by atoms with E-state index in [0.717, 1.165) is 44.0 Å². The van der Waals surface area contributed by atoms with Crippen molar-refractivity contribution in [2.75, 3.05) is 6.61 Å². The standard InChI is InChI=1S/C17H34O3Si/c1-6-11-12-13-16(20-17(18)7-2)14-15-21(9-4,10-5)19-8-3/h7,16H,2,6,8-15H2,1,3-5H3. The molecule has 0 aliphatic heterocycles. The van der Waals surface area contributed by atoms with Gasteiger partial charge in [-0.2, -0.15) is 0 Å². The van der Waals surface area contributed by atoms with Gasteiger partial charge in [-0.15, -0.1) is 0 Å². The lowest BCUT2D eigenvalue weighted by atomic mass is 10.1. The average Bonchev–Trinajstić information content (AvgIpc) is 2.51. The van der Waals surface area contributed by atoms with Crippen molar-refractivity contribution in [2.45, 2.75) is 84.0 Å². The summed E-state index contributed by atoms with van der Waals surface area (Å²) in [6.07, 6.45) is 6.66. The molecule has 124 valence electrons. The Bertz CT molecular complexity index is 288. The number of rotatable bonds is 13. The SMILES string of the molecule is C=CC(=O)OC(CCCCC)CC[Si](CC)(CC)OCC. The van der Waals surface area contributed by atoms with Gasteiger partial charge in [0.1, 0.15) is 6.10 Å². The molecule has 0 aliphatic carbocycles. The minimum atomic E-state index is -1.63. The van der Waals surface area contributed by atoms with E-state index in [0.29, 0.717) is 0 Å². The van der Waals surface area contributed by atoms with E-state index in [-0.39, 0.29) is 12.1 Å². The highest BCUT2D eigenvalue weighted by Crippen LogP contribution is 2.26. The van der Waals surface area contributed by atoms with Gasteiger partial charge in [0.05, 0.1) is 0 Å². The summed E-state index contributed by atoms with van der Waals surface area (Å²) in [4.78, 5) is 11.5. The fraction of sp³-hybridized carbons (Fsp3) is 0.824. The fourth-order valence-electron chi connectivity index (χ4n) is 2.71. The fourth-order valence-corrected chi connectivity index (χ4v) is 5.93. The van der Waals surface area contributed by atoms with Crippen LogP contribution in [0, 0.1) is 0 Å². The molecule has 0 amide bonds. The minimum Gasteiger partial charge on any atom is -0.459 e. The molecule has 0 heterocycles. The molecule has 0 spiro atoms. The molecule has 3 nitrogen and oxygen atoms in total. The van der Waals surface area contributed by atoms with Crippen LogP contribution in [0.5, 0.6) is 0 Å². The Morgan fingerprint density at radius 2 is 1.81 bits per heavy atom. The van der Waals surface area contributed by atoms with E-state index in [4.69, 9.17) is 9.16 Å². The summed E-state index contributed by atoms with van der Waals surface area (Å²) in [5.74, 6) is -0.298. The lowest BCUT2D eigenvalue weighted by Gasteiger charge is -2.30. The third kappa shape index (κ3) is 8.42. The van der Waals surface area contributed by atoms with Crippen molar-refractivity contribution in [2.24, 2.45) is 0 Å². The van der Waals surface area contributed by atoms with Crippen molar-refractivity contribution in [1.82, 2.24) is 0 Å². The molecule has 0 aromatic carbocycles. The number of esters is 1. The topological polar surface area (TPSA) is 35.5 Å². The van der Waals surface area contributed by atoms with Crippen molar-refractivity contribution >= 4 is 14.3 Å². The second-order valence-electron chi connectivity index (χ2n) is 5.62. The van der Waals surface area contributed by atoms with E-state index >= 15 is 0 Å². The molecule has 0 saturated heterocycles. The van der Waals surface area contributed by atoms with Crippen LogP contribution in [0.4, 0.5) is 0 Å². The van der Waals surface area contributed by atoms with Crippen LogP contribution in [0.2, 0.25) is 18.1 Å². The zero-order valence-corrected chi connectivity index (χ0v) is 15.5. The molecule has 0 N–H and O–H groups in total. The first-order valence-electron chi connectivity index (χ1n) is 8.54. The van der Waals surface area contributed by atoms with Gasteiger partial charge >= 0.3 is 5.97 Å². The zero-order valence-electron chi connectivity index (χ0n) is 14.5. The lowest BCUT2D eigenvalue weighted by Crippen LogP contribution is -2.38. The van der Waals surface area contributed by atoms with Gasteiger partial charge in [-0.25, -0.2) is 4.79 Å². The van der Waals surface area contributed by atoms with Crippen LogP contribution in [0.25, 0.3) is 0 Å². The van der Waals surface area contributed by atoms with E-state index in [1.807, 2.05) is 0 Å². The van der Waals surface area contributed by atoms with Gasteiger partial charge in [0, 0.05) is 12.7 Å². The van der Waals surface area contributed by atoms with E-state index in [1.54, 1.807) is 0 Å². The summed E-state index contributed by atoms with van der Waals surface area (Å²) in [6.45, 7) is 13.0. The first-order valence-corrected chi connectivity index (χ1v) is 11.1. The van der Waals surface area contributed by atoms with Crippen LogP contribution in [0.15, 0.2) is 12.7 Å². The summed E-state index contributed by atoms with van der Waals surface area (Å²) in [5.41, 5.74) is 0. The van der Waals surface area contributed by atoms with Gasteiger partial charge in [-0.05, 0) is 44.3 Å². The molecule has 1 atom stereocenters. The highest BCUT2D eigenvalue weighted by atomic mass is 28.4. The molecule has 0 bridgehead atoms. The van der Waals surface area contributed by atoms with Crippen LogP contribution in [-0.4, -0.2) is 27.0 Å². The maximum atomic E-state index is 11.5. The third-order valence-corrected chi connectivity index (χ3v) is 8.92. The Balaban J connectivity index is 4.54. The van der Waals surface area contributed by atoms with Crippen LogP contribution in [0.1, 0.15) is 59.8 Å². The number of hydrogen-bond donors (Lipinski definition) is 0. The Morgan fingerprint density at radius 3 is 2.29 bits per heavy atom. The second-order valence-corrected chi connectivity index (χ2v) is 10.2. The molecule has 0 aromatic heterocycles. The molecular formula is C17H34O3Si. The highest BCUT2D eigenvalue weighted by Gasteiger charge is 2.31. The summed E-state index contributed by atoms with van der Waals surface area (Å²) in [5, 5.41) is 0. The Morgan fingerprint density at radius 1 is 1.14 bits per heavy atom. The normalized spacial score (nSPS) is 13.0. The van der Waals surface area contributed by atoms with Crippen molar-refractivity contribution in [3.8, 4) is 0 Å². The quantitative estimate of drug-likeness (QED) is 0.206. The van der Waals surface area contributed by atoms with Gasteiger partial charge in [-0.3, -0.25) is 0 Å². The average molecular weight is 315 g/mol. The summed E-state index contributed by atoms with van der Waals surface area (Å²) >= 11 is 0. The van der Waals surface area contributed by atoms with Crippen molar-refractivity contribution in [1.29, 1.82) is 0 Å². The van der Waals surface area contributed by atoms with Crippen LogP contribution >= 0.6 is 0 Å². The molecule has 4 heteroatoms. The molecule has 0 radical (unpaired) electrons. The van der Waals surface area contributed by atoms with Crippen LogP contribution in [-0.2, 0) is 14.0 Å². The smallest absolute Gasteiger partial charge is 0.330 e. The second kappa shape index (κ2) is 12.0. The zero-order chi connectivity index (χ0) is 16.1. The van der Waals surface area contributed by atoms with Crippen molar-refractivity contribution < 1.29 is 14.0 Å².